The first-order chi connectivity index (χ1) is 19.8. The summed E-state index contributed by atoms with van der Waals surface area (Å²) in [7, 11) is 0. The van der Waals surface area contributed by atoms with Crippen LogP contribution < -0.4 is 38.5 Å². The molecule has 0 unspecified atom stereocenters. The Labute approximate surface area is 245 Å². The molecule has 4 amide bonds. The third-order valence-electron chi connectivity index (χ3n) is 6.54. The lowest BCUT2D eigenvalue weighted by atomic mass is 9.97. The topological polar surface area (TPSA) is 264 Å². The van der Waals surface area contributed by atoms with Gasteiger partial charge in [-0.2, -0.15) is 0 Å². The van der Waals surface area contributed by atoms with Gasteiger partial charge in [0.25, 0.3) is 0 Å². The van der Waals surface area contributed by atoms with Crippen LogP contribution in [0.2, 0.25) is 0 Å². The molecule has 234 valence electrons. The SMILES string of the molecule is CC[C@H](C)[C@H](NC(=O)CN)C(=O)N[C@H](C(=O)N[C@@H](Cc1ccccc1)C(=O)N[C@@H](CCCN=C(N)N)C(=O)O)[C@@H](C)O. The highest BCUT2D eigenvalue weighted by molar-refractivity contribution is 5.95. The van der Waals surface area contributed by atoms with Gasteiger partial charge in [0.1, 0.15) is 24.2 Å². The average Bonchev–Trinajstić information content (AvgIpc) is 2.94. The number of guanidine groups is 1. The van der Waals surface area contributed by atoms with Gasteiger partial charge in [0.05, 0.1) is 12.6 Å². The van der Waals surface area contributed by atoms with E-state index in [1.807, 2.05) is 6.92 Å². The molecule has 42 heavy (non-hydrogen) atoms. The second-order valence-electron chi connectivity index (χ2n) is 9.96. The van der Waals surface area contributed by atoms with Gasteiger partial charge >= 0.3 is 5.97 Å². The maximum atomic E-state index is 13.3. The van der Waals surface area contributed by atoms with Gasteiger partial charge in [-0.3, -0.25) is 24.2 Å². The van der Waals surface area contributed by atoms with Gasteiger partial charge in [0.15, 0.2) is 5.96 Å². The first-order valence-electron chi connectivity index (χ1n) is 13.7. The summed E-state index contributed by atoms with van der Waals surface area (Å²) < 4.78 is 0. The predicted octanol–water partition coefficient (Wildman–Crippen LogP) is -2.31. The number of rotatable bonds is 18. The van der Waals surface area contributed by atoms with Crippen molar-refractivity contribution in [2.75, 3.05) is 13.1 Å². The van der Waals surface area contributed by atoms with E-state index >= 15 is 0 Å². The lowest BCUT2D eigenvalue weighted by Gasteiger charge is -2.29. The van der Waals surface area contributed by atoms with E-state index in [4.69, 9.17) is 17.2 Å². The van der Waals surface area contributed by atoms with Crippen molar-refractivity contribution in [1.29, 1.82) is 0 Å². The molecule has 0 aromatic heterocycles. The number of aliphatic carboxylic acids is 1. The molecule has 0 fully saturated rings. The predicted molar refractivity (Wildman–Crippen MR) is 156 cm³/mol. The molecule has 12 N–H and O–H groups in total. The summed E-state index contributed by atoms with van der Waals surface area (Å²) in [5.74, 6) is -4.72. The van der Waals surface area contributed by atoms with Crippen molar-refractivity contribution in [1.82, 2.24) is 21.3 Å². The molecule has 1 aromatic rings. The Bertz CT molecular complexity index is 1080. The molecular formula is C27H44N8O7. The van der Waals surface area contributed by atoms with Crippen molar-refractivity contribution in [2.24, 2.45) is 28.1 Å². The summed E-state index contributed by atoms with van der Waals surface area (Å²) in [4.78, 5) is 67.2. The van der Waals surface area contributed by atoms with Crippen LogP contribution >= 0.6 is 0 Å². The number of amides is 4. The minimum absolute atomic E-state index is 0.0126. The smallest absolute Gasteiger partial charge is 0.326 e. The zero-order valence-electron chi connectivity index (χ0n) is 24.2. The summed E-state index contributed by atoms with van der Waals surface area (Å²) in [5, 5.41) is 29.9. The number of benzene rings is 1. The normalized spacial score (nSPS) is 15.1. The molecule has 15 nitrogen and oxygen atoms in total. The maximum Gasteiger partial charge on any atom is 0.326 e. The first kappa shape index (κ1) is 35.8. The zero-order chi connectivity index (χ0) is 31.8. The number of nitrogens with two attached hydrogens (primary N) is 3. The molecular weight excluding hydrogens is 548 g/mol. The molecule has 0 saturated heterocycles. The molecule has 1 rings (SSSR count). The van der Waals surface area contributed by atoms with Crippen molar-refractivity contribution in [2.45, 2.75) is 76.7 Å². The van der Waals surface area contributed by atoms with Crippen LogP contribution in [0.4, 0.5) is 0 Å². The molecule has 0 heterocycles. The molecule has 0 spiro atoms. The van der Waals surface area contributed by atoms with Crippen molar-refractivity contribution in [3.8, 4) is 0 Å². The number of hydrogen-bond acceptors (Lipinski definition) is 8. The number of carbonyl (C=O) groups excluding carboxylic acids is 4. The van der Waals surface area contributed by atoms with Crippen molar-refractivity contribution < 1.29 is 34.2 Å². The third-order valence-corrected chi connectivity index (χ3v) is 6.54. The Balaban J connectivity index is 3.16. The van der Waals surface area contributed by atoms with Crippen LogP contribution in [0.1, 0.15) is 45.6 Å². The van der Waals surface area contributed by atoms with E-state index in [-0.39, 0.29) is 44.2 Å². The number of aliphatic imine (C=N–C) groups is 1. The quantitative estimate of drug-likeness (QED) is 0.0499. The van der Waals surface area contributed by atoms with Gasteiger partial charge in [0.2, 0.25) is 23.6 Å². The Morgan fingerprint density at radius 3 is 2.00 bits per heavy atom. The summed E-state index contributed by atoms with van der Waals surface area (Å²) >= 11 is 0. The van der Waals surface area contributed by atoms with Crippen LogP contribution in [-0.4, -0.2) is 89.1 Å². The first-order valence-corrected chi connectivity index (χ1v) is 13.7. The van der Waals surface area contributed by atoms with Crippen LogP contribution in [0.5, 0.6) is 0 Å². The largest absolute Gasteiger partial charge is 0.480 e. The fraction of sp³-hybridized carbons (Fsp3) is 0.556. The number of hydrogen-bond donors (Lipinski definition) is 9. The fourth-order valence-corrected chi connectivity index (χ4v) is 3.94. The summed E-state index contributed by atoms with van der Waals surface area (Å²) in [6, 6.07) is 3.60. The molecule has 0 bridgehead atoms. The number of carbonyl (C=O) groups is 5. The van der Waals surface area contributed by atoms with Crippen LogP contribution in [0.3, 0.4) is 0 Å². The Kier molecular flexibility index (Phi) is 15.5. The Morgan fingerprint density at radius 1 is 0.881 bits per heavy atom. The van der Waals surface area contributed by atoms with Gasteiger partial charge in [-0.05, 0) is 31.2 Å². The standard InChI is InChI=1S/C27H44N8O7/c1-4-15(2)21(34-20(37)14-28)24(39)35-22(16(3)36)25(40)33-19(13-17-9-6-5-7-10-17)23(38)32-18(26(41)42)11-8-12-31-27(29)30/h5-7,9-10,15-16,18-19,21-22,36H,4,8,11-14,28H2,1-3H3,(H,32,38)(H,33,40)(H,34,37)(H,35,39)(H,41,42)(H4,29,30,31)/t15-,16+,18-,19-,21-,22-/m0/s1. The van der Waals surface area contributed by atoms with Crippen molar-refractivity contribution in [3.63, 3.8) is 0 Å². The highest BCUT2D eigenvalue weighted by atomic mass is 16.4. The van der Waals surface area contributed by atoms with Gasteiger partial charge in [-0.15, -0.1) is 0 Å². The number of aliphatic hydroxyl groups excluding tert-OH is 1. The van der Waals surface area contributed by atoms with E-state index in [1.165, 1.54) is 6.92 Å². The molecule has 0 saturated carbocycles. The number of carboxylic acids is 1. The van der Waals surface area contributed by atoms with E-state index in [0.29, 0.717) is 12.0 Å². The molecule has 0 aliphatic rings. The van der Waals surface area contributed by atoms with E-state index < -0.39 is 59.9 Å². The number of nitrogens with one attached hydrogen (secondary N) is 4. The summed E-state index contributed by atoms with van der Waals surface area (Å²) in [6.07, 6.45) is -0.605. The fourth-order valence-electron chi connectivity index (χ4n) is 3.94. The van der Waals surface area contributed by atoms with Crippen LogP contribution in [0.25, 0.3) is 0 Å². The molecule has 15 heteroatoms. The third kappa shape index (κ3) is 12.5. The molecule has 0 aliphatic heterocycles. The Morgan fingerprint density at radius 2 is 1.48 bits per heavy atom. The molecule has 0 aliphatic carbocycles. The van der Waals surface area contributed by atoms with Crippen LogP contribution in [0.15, 0.2) is 35.3 Å². The minimum Gasteiger partial charge on any atom is -0.480 e. The van der Waals surface area contributed by atoms with E-state index in [2.05, 4.69) is 26.3 Å². The van der Waals surface area contributed by atoms with E-state index in [9.17, 15) is 34.2 Å². The van der Waals surface area contributed by atoms with Crippen LogP contribution in [-0.2, 0) is 30.4 Å². The lowest BCUT2D eigenvalue weighted by molar-refractivity contribution is -0.142. The zero-order valence-corrected chi connectivity index (χ0v) is 24.2. The molecule has 0 radical (unpaired) electrons. The van der Waals surface area contributed by atoms with Gasteiger partial charge in [-0.25, -0.2) is 4.79 Å². The van der Waals surface area contributed by atoms with Gasteiger partial charge < -0.3 is 48.7 Å². The number of nitrogens with zero attached hydrogens (tertiary/aromatic N) is 1. The highest BCUT2D eigenvalue weighted by Crippen LogP contribution is 2.10. The van der Waals surface area contributed by atoms with Gasteiger partial charge in [0, 0.05) is 13.0 Å². The van der Waals surface area contributed by atoms with E-state index in [0.717, 1.165) is 0 Å². The Hall–Kier alpha value is -4.24. The molecule has 6 atom stereocenters. The minimum atomic E-state index is -1.50. The molecule has 1 aromatic carbocycles. The maximum absolute atomic E-state index is 13.3. The number of carboxylic acid groups (broad SMARTS) is 1. The van der Waals surface area contributed by atoms with Gasteiger partial charge in [-0.1, -0.05) is 50.6 Å². The van der Waals surface area contributed by atoms with Crippen LogP contribution in [0, 0.1) is 5.92 Å². The summed E-state index contributed by atoms with van der Waals surface area (Å²) in [6.45, 7) is 4.64. The van der Waals surface area contributed by atoms with E-state index in [1.54, 1.807) is 37.3 Å². The highest BCUT2D eigenvalue weighted by Gasteiger charge is 2.34. The van der Waals surface area contributed by atoms with Crippen molar-refractivity contribution in [3.05, 3.63) is 35.9 Å². The summed E-state index contributed by atoms with van der Waals surface area (Å²) in [5.41, 5.74) is 16.6. The van der Waals surface area contributed by atoms with Crippen molar-refractivity contribution >= 4 is 35.6 Å². The second kappa shape index (κ2) is 18.2. The average molecular weight is 593 g/mol. The number of aliphatic hydroxyl groups is 1. The lowest BCUT2D eigenvalue weighted by Crippen LogP contribution is -2.61. The second-order valence-corrected chi connectivity index (χ2v) is 9.96. The monoisotopic (exact) mass is 592 g/mol.